The predicted octanol–water partition coefficient (Wildman–Crippen LogP) is 3.61. The molecule has 9 nitrogen and oxygen atoms in total. The fraction of sp³-hybridized carbons (Fsp3) is 0.333. The van der Waals surface area contributed by atoms with Crippen LogP contribution in [0.25, 0.3) is 11.1 Å². The minimum absolute atomic E-state index is 0.00285. The van der Waals surface area contributed by atoms with Crippen LogP contribution in [-0.2, 0) is 4.74 Å². The van der Waals surface area contributed by atoms with Crippen LogP contribution in [0.3, 0.4) is 0 Å². The minimum atomic E-state index is -0.507. The SMILES string of the molecule is CCOC(=O)c1cncc(-c2cnc(Nc3ccc(F)c(Cl)c3)nc2NCC2CNC(C)CN2)c1. The summed E-state index contributed by atoms with van der Waals surface area (Å²) in [5.41, 5.74) is 2.22. The summed E-state index contributed by atoms with van der Waals surface area (Å²) in [6.45, 7) is 6.44. The molecule has 0 saturated carbocycles. The van der Waals surface area contributed by atoms with Gasteiger partial charge in [0.1, 0.15) is 11.6 Å². The molecular weight excluding hydrogens is 473 g/mol. The van der Waals surface area contributed by atoms with E-state index in [2.05, 4.69) is 43.1 Å². The van der Waals surface area contributed by atoms with Gasteiger partial charge in [0.25, 0.3) is 0 Å². The van der Waals surface area contributed by atoms with Gasteiger partial charge in [0.15, 0.2) is 0 Å². The third kappa shape index (κ3) is 6.41. The molecule has 0 aliphatic carbocycles. The number of hydrogen-bond acceptors (Lipinski definition) is 9. The molecule has 4 rings (SSSR count). The molecule has 11 heteroatoms. The Morgan fingerprint density at radius 3 is 2.83 bits per heavy atom. The molecule has 0 bridgehead atoms. The summed E-state index contributed by atoms with van der Waals surface area (Å²) in [6.07, 6.45) is 4.74. The van der Waals surface area contributed by atoms with Crippen molar-refractivity contribution in [3.05, 3.63) is 59.3 Å². The van der Waals surface area contributed by atoms with Gasteiger partial charge >= 0.3 is 5.97 Å². The van der Waals surface area contributed by atoms with Crippen LogP contribution >= 0.6 is 11.6 Å². The highest BCUT2D eigenvalue weighted by atomic mass is 35.5. The summed E-state index contributed by atoms with van der Waals surface area (Å²) in [7, 11) is 0. The monoisotopic (exact) mass is 499 g/mol. The molecule has 2 aromatic heterocycles. The Bertz CT molecular complexity index is 1190. The number of anilines is 3. The van der Waals surface area contributed by atoms with Crippen LogP contribution in [0.15, 0.2) is 42.9 Å². The number of rotatable bonds is 8. The van der Waals surface area contributed by atoms with Gasteiger partial charge in [-0.1, -0.05) is 11.6 Å². The zero-order valence-corrected chi connectivity index (χ0v) is 20.2. The number of pyridine rings is 1. The Hall–Kier alpha value is -3.34. The molecule has 2 unspecified atom stereocenters. The van der Waals surface area contributed by atoms with Gasteiger partial charge in [-0.15, -0.1) is 0 Å². The number of carbonyl (C=O) groups excluding carboxylic acids is 1. The van der Waals surface area contributed by atoms with E-state index in [9.17, 15) is 9.18 Å². The molecule has 1 aliphatic rings. The molecule has 184 valence electrons. The molecule has 1 aliphatic heterocycles. The number of nitrogens with one attached hydrogen (secondary N) is 4. The van der Waals surface area contributed by atoms with Gasteiger partial charge in [-0.25, -0.2) is 14.2 Å². The number of aromatic nitrogens is 3. The number of esters is 1. The third-order valence-electron chi connectivity index (χ3n) is 5.47. The number of carbonyl (C=O) groups is 1. The number of piperazine rings is 1. The molecular formula is C24H27ClFN7O2. The first-order valence-corrected chi connectivity index (χ1v) is 11.7. The van der Waals surface area contributed by atoms with Gasteiger partial charge in [0.05, 0.1) is 17.2 Å². The lowest BCUT2D eigenvalue weighted by molar-refractivity contribution is 0.0526. The van der Waals surface area contributed by atoms with Crippen molar-refractivity contribution < 1.29 is 13.9 Å². The molecule has 4 N–H and O–H groups in total. The van der Waals surface area contributed by atoms with E-state index in [1.165, 1.54) is 18.3 Å². The Morgan fingerprint density at radius 1 is 1.23 bits per heavy atom. The number of ether oxygens (including phenoxy) is 1. The van der Waals surface area contributed by atoms with Crippen molar-refractivity contribution in [3.63, 3.8) is 0 Å². The summed E-state index contributed by atoms with van der Waals surface area (Å²) in [6, 6.07) is 6.60. The Morgan fingerprint density at radius 2 is 2.09 bits per heavy atom. The maximum Gasteiger partial charge on any atom is 0.339 e. The maximum absolute atomic E-state index is 13.5. The third-order valence-corrected chi connectivity index (χ3v) is 5.76. The van der Waals surface area contributed by atoms with E-state index < -0.39 is 11.8 Å². The number of benzene rings is 1. The Kier molecular flexibility index (Phi) is 8.06. The lowest BCUT2D eigenvalue weighted by atomic mass is 10.1. The van der Waals surface area contributed by atoms with E-state index in [4.69, 9.17) is 16.3 Å². The zero-order valence-electron chi connectivity index (χ0n) is 19.4. The van der Waals surface area contributed by atoms with Crippen LogP contribution in [0.4, 0.5) is 21.8 Å². The van der Waals surface area contributed by atoms with Crippen molar-refractivity contribution in [1.82, 2.24) is 25.6 Å². The van der Waals surface area contributed by atoms with Crippen molar-refractivity contribution in [2.45, 2.75) is 25.9 Å². The molecule has 0 spiro atoms. The second-order valence-corrected chi connectivity index (χ2v) is 8.60. The van der Waals surface area contributed by atoms with Crippen LogP contribution < -0.4 is 21.3 Å². The highest BCUT2D eigenvalue weighted by molar-refractivity contribution is 6.31. The van der Waals surface area contributed by atoms with Crippen molar-refractivity contribution in [1.29, 1.82) is 0 Å². The van der Waals surface area contributed by atoms with Crippen LogP contribution in [0.2, 0.25) is 5.02 Å². The fourth-order valence-corrected chi connectivity index (χ4v) is 3.78. The fourth-order valence-electron chi connectivity index (χ4n) is 3.60. The van der Waals surface area contributed by atoms with Gasteiger partial charge in [0.2, 0.25) is 5.95 Å². The van der Waals surface area contributed by atoms with Crippen molar-refractivity contribution >= 4 is 35.0 Å². The average Bonchev–Trinajstić information content (AvgIpc) is 2.86. The largest absolute Gasteiger partial charge is 0.462 e. The summed E-state index contributed by atoms with van der Waals surface area (Å²) in [4.78, 5) is 25.5. The lowest BCUT2D eigenvalue weighted by Crippen LogP contribution is -2.55. The highest BCUT2D eigenvalue weighted by Gasteiger charge is 2.19. The van der Waals surface area contributed by atoms with E-state index in [1.807, 2.05) is 0 Å². The summed E-state index contributed by atoms with van der Waals surface area (Å²) >= 11 is 5.90. The molecule has 2 atom stereocenters. The second-order valence-electron chi connectivity index (χ2n) is 8.19. The van der Waals surface area contributed by atoms with Gasteiger partial charge in [-0.3, -0.25) is 4.98 Å². The van der Waals surface area contributed by atoms with Gasteiger partial charge in [0, 0.05) is 67.1 Å². The van der Waals surface area contributed by atoms with Crippen LogP contribution in [-0.4, -0.2) is 59.2 Å². The standard InChI is InChI=1S/C24H27ClFN7O2/c1-3-35-23(34)16-6-15(9-27-10-16)19-13-31-24(32-17-4-5-21(26)20(25)7-17)33-22(19)30-12-18-11-28-14(2)8-29-18/h4-7,9-10,13-14,18,28-29H,3,8,11-12H2,1-2H3,(H2,30,31,32,33). The van der Waals surface area contributed by atoms with Crippen LogP contribution in [0.1, 0.15) is 24.2 Å². The van der Waals surface area contributed by atoms with Crippen molar-refractivity contribution in [3.8, 4) is 11.1 Å². The van der Waals surface area contributed by atoms with Crippen LogP contribution in [0, 0.1) is 5.82 Å². The molecule has 0 radical (unpaired) electrons. The number of nitrogens with zero attached hydrogens (tertiary/aromatic N) is 3. The smallest absolute Gasteiger partial charge is 0.339 e. The molecule has 3 aromatic rings. The first-order valence-electron chi connectivity index (χ1n) is 11.3. The molecule has 35 heavy (non-hydrogen) atoms. The van der Waals surface area contributed by atoms with Gasteiger partial charge in [-0.2, -0.15) is 4.98 Å². The number of hydrogen-bond donors (Lipinski definition) is 4. The van der Waals surface area contributed by atoms with E-state index in [-0.39, 0.29) is 17.7 Å². The normalized spacial score (nSPS) is 17.6. The molecule has 3 heterocycles. The lowest BCUT2D eigenvalue weighted by Gasteiger charge is -2.29. The van der Waals surface area contributed by atoms with Gasteiger partial charge < -0.3 is 26.0 Å². The van der Waals surface area contributed by atoms with E-state index >= 15 is 0 Å². The van der Waals surface area contributed by atoms with E-state index in [0.717, 1.165) is 13.1 Å². The van der Waals surface area contributed by atoms with Crippen molar-refractivity contribution in [2.75, 3.05) is 36.9 Å². The quantitative estimate of drug-likeness (QED) is 0.345. The highest BCUT2D eigenvalue weighted by Crippen LogP contribution is 2.28. The first-order chi connectivity index (χ1) is 16.9. The topological polar surface area (TPSA) is 113 Å². The zero-order chi connectivity index (χ0) is 24.8. The maximum atomic E-state index is 13.5. The summed E-state index contributed by atoms with van der Waals surface area (Å²) in [5, 5.41) is 13.4. The Labute approximate surface area is 207 Å². The van der Waals surface area contributed by atoms with E-state index in [1.54, 1.807) is 31.5 Å². The number of halogens is 2. The van der Waals surface area contributed by atoms with Crippen LogP contribution in [0.5, 0.6) is 0 Å². The molecule has 1 aromatic carbocycles. The summed E-state index contributed by atoms with van der Waals surface area (Å²) in [5.74, 6) is -0.0983. The second kappa shape index (κ2) is 11.4. The summed E-state index contributed by atoms with van der Waals surface area (Å²) < 4.78 is 18.6. The molecule has 1 saturated heterocycles. The predicted molar refractivity (Wildman–Crippen MR) is 134 cm³/mol. The van der Waals surface area contributed by atoms with Gasteiger partial charge in [-0.05, 0) is 38.1 Å². The first kappa shape index (κ1) is 24.8. The van der Waals surface area contributed by atoms with Crippen molar-refractivity contribution in [2.24, 2.45) is 0 Å². The molecule has 0 amide bonds. The molecule has 1 fully saturated rings. The average molecular weight is 500 g/mol. The van der Waals surface area contributed by atoms with E-state index in [0.29, 0.717) is 46.7 Å². The Balaban J connectivity index is 1.62. The minimum Gasteiger partial charge on any atom is -0.462 e.